The molecule has 0 fully saturated rings. The van der Waals surface area contributed by atoms with Gasteiger partial charge in [-0.25, -0.2) is 0 Å². The van der Waals surface area contributed by atoms with E-state index in [2.05, 4.69) is 0 Å². The molecule has 0 saturated heterocycles. The Morgan fingerprint density at radius 1 is 1.35 bits per heavy atom. The van der Waals surface area contributed by atoms with Gasteiger partial charge in [-0.2, -0.15) is 8.42 Å². The highest BCUT2D eigenvalue weighted by atomic mass is 35.5. The van der Waals surface area contributed by atoms with Crippen molar-refractivity contribution in [2.75, 3.05) is 19.2 Å². The van der Waals surface area contributed by atoms with Crippen molar-refractivity contribution in [3.8, 4) is 0 Å². The molecule has 0 aliphatic heterocycles. The minimum Gasteiger partial charge on any atom is -0.310 e. The van der Waals surface area contributed by atoms with Crippen LogP contribution in [0.1, 0.15) is 20.8 Å². The smallest absolute Gasteiger partial charge is 0.310 e. The SMILES string of the molecule is CCSc1cccc(Cl)c1S(=O)(=O)OCP(=O)(OC)OC(C)C. The van der Waals surface area contributed by atoms with Crippen molar-refractivity contribution in [1.29, 1.82) is 0 Å². The van der Waals surface area contributed by atoms with Gasteiger partial charge in [0.25, 0.3) is 10.1 Å². The molecule has 0 amide bonds. The molecule has 23 heavy (non-hydrogen) atoms. The zero-order valence-electron chi connectivity index (χ0n) is 13.3. The van der Waals surface area contributed by atoms with Crippen molar-refractivity contribution >= 4 is 41.1 Å². The van der Waals surface area contributed by atoms with E-state index in [-0.39, 0.29) is 9.92 Å². The third kappa shape index (κ3) is 6.05. The van der Waals surface area contributed by atoms with Crippen molar-refractivity contribution in [2.45, 2.75) is 36.7 Å². The summed E-state index contributed by atoms with van der Waals surface area (Å²) >= 11 is 7.33. The molecular formula is C13H20ClO6PS2. The Hall–Kier alpha value is -0.0800. The lowest BCUT2D eigenvalue weighted by atomic mass is 10.4. The van der Waals surface area contributed by atoms with Crippen LogP contribution < -0.4 is 0 Å². The van der Waals surface area contributed by atoms with Gasteiger partial charge in [0.05, 0.1) is 11.1 Å². The van der Waals surface area contributed by atoms with Crippen LogP contribution in [0, 0.1) is 0 Å². The van der Waals surface area contributed by atoms with Gasteiger partial charge in [-0.3, -0.25) is 8.75 Å². The molecule has 132 valence electrons. The molecule has 10 heteroatoms. The maximum Gasteiger partial charge on any atom is 0.357 e. The van der Waals surface area contributed by atoms with E-state index in [1.54, 1.807) is 26.0 Å². The van der Waals surface area contributed by atoms with Gasteiger partial charge in [-0.05, 0) is 31.7 Å². The summed E-state index contributed by atoms with van der Waals surface area (Å²) in [6.07, 6.45) is -1.12. The average molecular weight is 403 g/mol. The van der Waals surface area contributed by atoms with Crippen molar-refractivity contribution in [2.24, 2.45) is 0 Å². The van der Waals surface area contributed by atoms with E-state index in [4.69, 9.17) is 24.8 Å². The van der Waals surface area contributed by atoms with Gasteiger partial charge in [0.15, 0.2) is 6.35 Å². The molecule has 1 atom stereocenters. The summed E-state index contributed by atoms with van der Waals surface area (Å²) in [5, 5.41) is 0.0421. The Balaban J connectivity index is 3.07. The van der Waals surface area contributed by atoms with Gasteiger partial charge in [0.1, 0.15) is 4.90 Å². The number of hydrogen-bond acceptors (Lipinski definition) is 7. The van der Waals surface area contributed by atoms with Crippen LogP contribution in [0.5, 0.6) is 0 Å². The van der Waals surface area contributed by atoms with Crippen molar-refractivity contribution in [3.05, 3.63) is 23.2 Å². The Kier molecular flexibility index (Phi) is 8.07. The molecule has 0 bridgehead atoms. The second-order valence-electron chi connectivity index (χ2n) is 4.65. The van der Waals surface area contributed by atoms with E-state index in [9.17, 15) is 13.0 Å². The second kappa shape index (κ2) is 8.85. The molecule has 1 unspecified atom stereocenters. The number of rotatable bonds is 9. The van der Waals surface area contributed by atoms with Crippen molar-refractivity contribution < 1.29 is 26.2 Å². The Labute approximate surface area is 146 Å². The number of benzene rings is 1. The molecule has 0 aliphatic rings. The zero-order valence-corrected chi connectivity index (χ0v) is 16.6. The van der Waals surface area contributed by atoms with Crippen molar-refractivity contribution in [3.63, 3.8) is 0 Å². The Morgan fingerprint density at radius 3 is 2.52 bits per heavy atom. The largest absolute Gasteiger partial charge is 0.357 e. The molecule has 0 spiro atoms. The van der Waals surface area contributed by atoms with E-state index < -0.39 is 30.2 Å². The normalized spacial score (nSPS) is 14.9. The first-order chi connectivity index (χ1) is 10.6. The first kappa shape index (κ1) is 21.0. The van der Waals surface area contributed by atoms with Crippen molar-refractivity contribution in [1.82, 2.24) is 0 Å². The maximum absolute atomic E-state index is 12.4. The summed E-state index contributed by atoms with van der Waals surface area (Å²) in [7, 11) is -6.70. The quantitative estimate of drug-likeness (QED) is 0.344. The van der Waals surface area contributed by atoms with E-state index in [1.807, 2.05) is 6.92 Å². The molecule has 0 saturated carbocycles. The van der Waals surface area contributed by atoms with Crippen LogP contribution in [0.15, 0.2) is 28.0 Å². The van der Waals surface area contributed by atoms with E-state index >= 15 is 0 Å². The Morgan fingerprint density at radius 2 is 2.00 bits per heavy atom. The van der Waals surface area contributed by atoms with Gasteiger partial charge in [0, 0.05) is 12.0 Å². The fourth-order valence-corrected chi connectivity index (χ4v) is 6.07. The molecule has 0 heterocycles. The first-order valence-corrected chi connectivity index (χ1v) is 11.3. The molecule has 1 aromatic carbocycles. The van der Waals surface area contributed by atoms with Crippen LogP contribution in [0.3, 0.4) is 0 Å². The second-order valence-corrected chi connectivity index (χ2v) is 9.97. The molecule has 0 radical (unpaired) electrons. The topological polar surface area (TPSA) is 78.9 Å². The van der Waals surface area contributed by atoms with Crippen LogP contribution in [0.4, 0.5) is 0 Å². The van der Waals surface area contributed by atoms with Crippen LogP contribution in [-0.4, -0.2) is 33.7 Å². The van der Waals surface area contributed by atoms with E-state index in [1.165, 1.54) is 24.9 Å². The molecule has 0 N–H and O–H groups in total. The lowest BCUT2D eigenvalue weighted by molar-refractivity contribution is 0.171. The van der Waals surface area contributed by atoms with Gasteiger partial charge in [0.2, 0.25) is 0 Å². The monoisotopic (exact) mass is 402 g/mol. The van der Waals surface area contributed by atoms with Crippen LogP contribution >= 0.6 is 31.0 Å². The molecule has 0 aliphatic carbocycles. The first-order valence-electron chi connectivity index (χ1n) is 6.79. The standard InChI is InChI=1S/C13H20ClO6PS2/c1-5-22-12-8-6-7-11(14)13(12)23(16,17)19-9-21(15,18-4)20-10(2)3/h6-8,10H,5,9H2,1-4H3. The summed E-state index contributed by atoms with van der Waals surface area (Å²) in [5.74, 6) is 0.663. The lowest BCUT2D eigenvalue weighted by Gasteiger charge is -2.19. The van der Waals surface area contributed by atoms with Gasteiger partial charge in [-0.1, -0.05) is 24.6 Å². The molecular weight excluding hydrogens is 383 g/mol. The maximum atomic E-state index is 12.4. The fourth-order valence-electron chi connectivity index (χ4n) is 1.64. The predicted octanol–water partition coefficient (Wildman–Crippen LogP) is 4.38. The summed E-state index contributed by atoms with van der Waals surface area (Å²) in [6, 6.07) is 4.75. The number of thioether (sulfide) groups is 1. The summed E-state index contributed by atoms with van der Waals surface area (Å²) in [6.45, 7) is 5.20. The molecule has 0 aromatic heterocycles. The lowest BCUT2D eigenvalue weighted by Crippen LogP contribution is -2.13. The van der Waals surface area contributed by atoms with Gasteiger partial charge < -0.3 is 9.05 Å². The van der Waals surface area contributed by atoms with E-state index in [0.29, 0.717) is 10.6 Å². The highest BCUT2D eigenvalue weighted by molar-refractivity contribution is 8.00. The van der Waals surface area contributed by atoms with E-state index in [0.717, 1.165) is 0 Å². The highest BCUT2D eigenvalue weighted by Crippen LogP contribution is 2.49. The Bertz CT molecular complexity index is 677. The highest BCUT2D eigenvalue weighted by Gasteiger charge is 2.31. The number of halogens is 1. The molecule has 6 nitrogen and oxygen atoms in total. The summed E-state index contributed by atoms with van der Waals surface area (Å²) < 4.78 is 52.0. The minimum absolute atomic E-state index is 0.0421. The zero-order chi connectivity index (χ0) is 17.7. The van der Waals surface area contributed by atoms with Crippen LogP contribution in [0.25, 0.3) is 0 Å². The van der Waals surface area contributed by atoms with Crippen LogP contribution in [-0.2, 0) is 27.9 Å². The average Bonchev–Trinajstić information content (AvgIpc) is 2.45. The third-order valence-electron chi connectivity index (χ3n) is 2.50. The molecule has 1 rings (SSSR count). The summed E-state index contributed by atoms with van der Waals surface area (Å²) in [4.78, 5) is 0.331. The molecule has 1 aromatic rings. The third-order valence-corrected chi connectivity index (χ3v) is 7.28. The fraction of sp³-hybridized carbons (Fsp3) is 0.538. The minimum atomic E-state index is -4.21. The van der Waals surface area contributed by atoms with Gasteiger partial charge in [-0.15, -0.1) is 11.8 Å². The summed E-state index contributed by atoms with van der Waals surface area (Å²) in [5.41, 5.74) is 0. The van der Waals surface area contributed by atoms with Gasteiger partial charge >= 0.3 is 7.60 Å². The predicted molar refractivity (Wildman–Crippen MR) is 91.8 cm³/mol. The number of hydrogen-bond donors (Lipinski definition) is 0. The van der Waals surface area contributed by atoms with Crippen LogP contribution in [0.2, 0.25) is 5.02 Å².